The molecule has 5 heterocycles. The maximum Gasteiger partial charge on any atom is 0.303 e. The van der Waals surface area contributed by atoms with E-state index in [1.54, 1.807) is 133 Å². The summed E-state index contributed by atoms with van der Waals surface area (Å²) in [4.78, 5) is 302. The predicted molar refractivity (Wildman–Crippen MR) is 510 cm³/mol. The van der Waals surface area contributed by atoms with Gasteiger partial charge in [0, 0.05) is 70.2 Å². The van der Waals surface area contributed by atoms with Gasteiger partial charge in [0.15, 0.2) is 12.0 Å². The number of aliphatic hydroxyl groups excluding tert-OH is 2. The standard InChI is InChI=1S/C95H136N24O23/c1-11-51(8)73-91(139)112-72(50(6)7)90(138)115-75(53(10)121)93(141)118-39-22-32-65(118)85(133)103-58(31-21-37-101-95(98)99)78(126)114-74(52(9)120)92(140)117-38-23-33-66(117)86(134)104-59(35-36-69(123)124)79(127)116-76(77(97)125)94(142)119-40-24-34-67(119)87(135)110-71(49(4)5)89(137)111-70(48(2)3)88(136)109-63(44-57-46-100-47-102-57)83(131)107-61(42-55-27-17-13-18-28-55)81(129)105-60(41-54-25-15-12-16-26-54)80(128)106-62(43-56-29-19-14-20-30-56)82(130)108-64(45-68(96)122)84(132)113-73/h12-20,25-30,46-53,58-67,70-76,120-121H,11,21-24,31-45H2,1-10H3,(H2,96,122)(H2,97,125)(H,100,102)(H,103,133)(H,104,134)(H,105,129)(H,106,128)(H,107,131)(H,108,130)(H,109,136)(H,110,135)(H,111,137)(H,112,139)(H,113,132)(H,114,126)(H,115,138)(H,116,127)(H,123,124)(H4,98,99,101)/t51-,52+,53+,58-,59-,60-,61-,62-,63-,64-,65-,66-,67-,70-,71-,72-,73-,74-,75-,76-/m0/s1. The van der Waals surface area contributed by atoms with E-state index in [-0.39, 0.29) is 110 Å². The molecule has 20 atom stereocenters. The lowest BCUT2D eigenvalue weighted by Crippen LogP contribution is -2.63. The quantitative estimate of drug-likeness (QED) is 0.0128. The SMILES string of the molecule is CC[C@H](C)[C@@H]1NC(=O)[C@H](CC(N)=O)NC(=O)[C@H](Cc2ccccc2)NC(=O)[C@H](Cc2ccccc2)NC(=O)[C@H](Cc2ccccc2)NC(=O)[C@H](Cc2cnc[nH]2)NC(=O)[C@H](C(C)C)NC(=O)[C@H](C(C)C)NC(=O)[C@@H]2CCCN2C(=O)[C@H](C(N)=O)NC(=O)[C@H](CCC(=O)O)NC(=O)[C@@H]2CCCN2C(=O)[C@H]([C@@H](C)O)NC(=O)[C@H](CCCNC(=N)N)NC(=O)[C@@H]2CCCN2C(=O)[C@H]([C@@H](C)O)NC(=O)[C@H](C(C)C)NC1=O. The molecule has 1 aromatic heterocycles. The van der Waals surface area contributed by atoms with Crippen molar-refractivity contribution in [3.63, 3.8) is 0 Å². The minimum Gasteiger partial charge on any atom is -0.481 e. The van der Waals surface area contributed by atoms with Gasteiger partial charge in [0.25, 0.3) is 5.91 Å². The Bertz CT molecular complexity index is 5130. The minimum absolute atomic E-state index is 0.0159. The summed E-state index contributed by atoms with van der Waals surface area (Å²) in [5.41, 5.74) is 18.9. The highest BCUT2D eigenvalue weighted by Crippen LogP contribution is 2.26. The molecule has 47 nitrogen and oxygen atoms in total. The van der Waals surface area contributed by atoms with Gasteiger partial charge in [-0.2, -0.15) is 0 Å². The largest absolute Gasteiger partial charge is 0.481 e. The smallest absolute Gasteiger partial charge is 0.303 e. The fourth-order valence-electron chi connectivity index (χ4n) is 17.1. The molecule has 26 N–H and O–H groups in total. The van der Waals surface area contributed by atoms with Crippen LogP contribution in [-0.2, 0) is 122 Å². The highest BCUT2D eigenvalue weighted by atomic mass is 16.4. The topological polar surface area (TPSA) is 723 Å². The van der Waals surface area contributed by atoms with Crippen molar-refractivity contribution in [2.45, 2.75) is 287 Å². The molecule has 0 saturated carbocycles. The summed E-state index contributed by atoms with van der Waals surface area (Å²) in [6, 6.07) is -3.68. The van der Waals surface area contributed by atoms with Crippen LogP contribution in [0, 0.1) is 29.1 Å². The third-order valence-corrected chi connectivity index (χ3v) is 25.3. The molecule has 0 unspecified atom stereocenters. The lowest BCUT2D eigenvalue weighted by atomic mass is 9.95. The summed E-state index contributed by atoms with van der Waals surface area (Å²) in [7, 11) is 0. The minimum atomic E-state index is -2.31. The van der Waals surface area contributed by atoms with Crippen molar-refractivity contribution in [3.05, 3.63) is 126 Å². The van der Waals surface area contributed by atoms with Crippen LogP contribution in [0.3, 0.4) is 0 Å². The molecule has 0 radical (unpaired) electrons. The zero-order valence-corrected chi connectivity index (χ0v) is 81.3. The van der Waals surface area contributed by atoms with E-state index in [9.17, 15) is 92.0 Å². The van der Waals surface area contributed by atoms with Crippen LogP contribution < -0.4 is 97.0 Å². The molecule has 47 heteroatoms. The average molecular weight is 1980 g/mol. The van der Waals surface area contributed by atoms with Gasteiger partial charge in [-0.1, -0.05) is 153 Å². The van der Waals surface area contributed by atoms with Gasteiger partial charge >= 0.3 is 5.97 Å². The van der Waals surface area contributed by atoms with Gasteiger partial charge in [-0.3, -0.25) is 101 Å². The van der Waals surface area contributed by atoms with Gasteiger partial charge in [-0.15, -0.1) is 0 Å². The van der Waals surface area contributed by atoms with Gasteiger partial charge in [0.05, 0.1) is 25.0 Å². The number of rotatable bonds is 25. The van der Waals surface area contributed by atoms with Crippen molar-refractivity contribution in [1.29, 1.82) is 5.41 Å². The first-order valence-corrected chi connectivity index (χ1v) is 47.8. The average Bonchev–Trinajstić information content (AvgIpc) is 1.65. The molecule has 142 heavy (non-hydrogen) atoms. The van der Waals surface area contributed by atoms with Crippen molar-refractivity contribution in [3.8, 4) is 0 Å². The molecule has 4 saturated heterocycles. The zero-order chi connectivity index (χ0) is 105. The Morgan fingerprint density at radius 3 is 1.11 bits per heavy atom. The zero-order valence-electron chi connectivity index (χ0n) is 81.3. The molecule has 3 aromatic carbocycles. The first-order valence-electron chi connectivity index (χ1n) is 47.8. The maximum absolute atomic E-state index is 15.4. The van der Waals surface area contributed by atoms with E-state index in [1.165, 1.54) is 26.4 Å². The van der Waals surface area contributed by atoms with Crippen LogP contribution in [0.2, 0.25) is 0 Å². The molecule has 4 aliphatic rings. The van der Waals surface area contributed by atoms with Gasteiger partial charge in [0.1, 0.15) is 96.7 Å². The second kappa shape index (κ2) is 53.7. The monoisotopic (exact) mass is 1980 g/mol. The molecule has 0 spiro atoms. The number of carboxylic acid groups (broad SMARTS) is 1. The number of guanidine groups is 1. The number of nitrogens with zero attached hydrogens (tertiary/aromatic N) is 4. The summed E-state index contributed by atoms with van der Waals surface area (Å²) in [6.07, 6.45) is -4.50. The number of nitrogens with two attached hydrogens (primary N) is 3. The summed E-state index contributed by atoms with van der Waals surface area (Å²) >= 11 is 0. The van der Waals surface area contributed by atoms with E-state index in [0.717, 1.165) is 28.5 Å². The number of aliphatic carboxylic acids is 1. The van der Waals surface area contributed by atoms with Crippen LogP contribution in [0.5, 0.6) is 0 Å². The van der Waals surface area contributed by atoms with Gasteiger partial charge < -0.3 is 132 Å². The number of aromatic nitrogens is 2. The van der Waals surface area contributed by atoms with Gasteiger partial charge in [0.2, 0.25) is 106 Å². The number of aromatic amines is 1. The van der Waals surface area contributed by atoms with E-state index >= 15 is 19.2 Å². The van der Waals surface area contributed by atoms with Crippen LogP contribution >= 0.6 is 0 Å². The highest BCUT2D eigenvalue weighted by Gasteiger charge is 2.48. The fraction of sp³-hybridized carbons (Fsp3) is 0.558. The number of carbonyl (C=O) groups is 20. The first kappa shape index (κ1) is 113. The molecule has 4 aliphatic heterocycles. The third-order valence-electron chi connectivity index (χ3n) is 25.3. The van der Waals surface area contributed by atoms with E-state index < -0.39 is 282 Å². The van der Waals surface area contributed by atoms with Crippen LogP contribution in [0.4, 0.5) is 0 Å². The molecule has 19 amide bonds. The number of amides is 19. The van der Waals surface area contributed by atoms with Crippen LogP contribution in [0.25, 0.3) is 0 Å². The summed E-state index contributed by atoms with van der Waals surface area (Å²) in [6.45, 7) is 14.2. The number of carboxylic acids is 1. The summed E-state index contributed by atoms with van der Waals surface area (Å²) in [5, 5.41) is 79.1. The predicted octanol–water partition coefficient (Wildman–Crippen LogP) is -5.28. The Morgan fingerprint density at radius 1 is 0.408 bits per heavy atom. The molecule has 0 bridgehead atoms. The highest BCUT2D eigenvalue weighted by molar-refractivity contribution is 6.09. The number of imidazole rings is 1. The molecule has 0 aliphatic carbocycles. The summed E-state index contributed by atoms with van der Waals surface area (Å²) < 4.78 is 0. The molecule has 4 fully saturated rings. The second-order valence-corrected chi connectivity index (χ2v) is 37.3. The maximum atomic E-state index is 15.4. The van der Waals surface area contributed by atoms with E-state index in [1.807, 2.05) is 0 Å². The van der Waals surface area contributed by atoms with Crippen molar-refractivity contribution in [2.75, 3.05) is 26.2 Å². The summed E-state index contributed by atoms with van der Waals surface area (Å²) in [5.74, 6) is -25.6. The number of primary amides is 2. The molecular formula is C95H136N24O23. The van der Waals surface area contributed by atoms with Crippen LogP contribution in [0.15, 0.2) is 104 Å². The molecule has 8 rings (SSSR count). The molecule has 4 aromatic rings. The first-order chi connectivity index (χ1) is 67.3. The fourth-order valence-corrected chi connectivity index (χ4v) is 17.1. The number of hydrogen-bond donors (Lipinski definition) is 23. The number of carbonyl (C=O) groups excluding carboxylic acids is 19. The number of fused-ring (bicyclic) bond motifs is 3. The van der Waals surface area contributed by atoms with Crippen LogP contribution in [-0.4, -0.2) is 305 Å². The van der Waals surface area contributed by atoms with E-state index in [4.69, 9.17) is 22.6 Å². The third kappa shape index (κ3) is 32.5. The van der Waals surface area contributed by atoms with Crippen LogP contribution in [0.1, 0.15) is 169 Å². The normalized spacial score (nSPS) is 26.5. The Hall–Kier alpha value is -14.5. The van der Waals surface area contributed by atoms with Crippen molar-refractivity contribution >= 4 is 124 Å². The Balaban J connectivity index is 1.17. The lowest BCUT2D eigenvalue weighted by molar-refractivity contribution is -0.147. The van der Waals surface area contributed by atoms with Crippen molar-refractivity contribution < 1.29 is 111 Å². The van der Waals surface area contributed by atoms with Gasteiger partial charge in [-0.05, 0) is 112 Å². The van der Waals surface area contributed by atoms with Crippen molar-refractivity contribution in [1.82, 2.24) is 104 Å². The molecular weight excluding hydrogens is 1850 g/mol. The number of aliphatic hydroxyl groups is 2. The second-order valence-electron chi connectivity index (χ2n) is 37.3. The number of H-pyrrole nitrogens is 1. The Kier molecular flexibility index (Phi) is 42.7. The number of nitrogens with one attached hydrogen (secondary N) is 17. The Labute approximate surface area is 821 Å². The molecule has 774 valence electrons. The van der Waals surface area contributed by atoms with Crippen molar-refractivity contribution in [2.24, 2.45) is 40.9 Å². The number of benzene rings is 3. The van der Waals surface area contributed by atoms with Gasteiger partial charge in [-0.25, -0.2) is 4.98 Å². The lowest BCUT2D eigenvalue weighted by Gasteiger charge is -2.33. The Morgan fingerprint density at radius 2 is 0.732 bits per heavy atom. The van der Waals surface area contributed by atoms with E-state index in [2.05, 4.69) is 89.7 Å². The van der Waals surface area contributed by atoms with E-state index in [0.29, 0.717) is 22.4 Å². The number of hydrogen-bond acceptors (Lipinski definition) is 24.